The molecule has 0 heterocycles. The zero-order valence-electron chi connectivity index (χ0n) is 13.7. The lowest BCUT2D eigenvalue weighted by atomic mass is 9.80. The van der Waals surface area contributed by atoms with Gasteiger partial charge in [-0.05, 0) is 90.2 Å². The Balaban J connectivity index is 0. The molecular formula is C18H22BBr2IO6. The van der Waals surface area contributed by atoms with Crippen LogP contribution in [0.2, 0.25) is 0 Å². The van der Waals surface area contributed by atoms with Crippen molar-refractivity contribution in [3.05, 3.63) is 60.0 Å². The third-order valence-electron chi connectivity index (χ3n) is 3.03. The summed E-state index contributed by atoms with van der Waals surface area (Å²) in [5.74, 6) is -0.847. The molecule has 0 aliphatic rings. The summed E-state index contributed by atoms with van der Waals surface area (Å²) in [7, 11) is 1.04. The van der Waals surface area contributed by atoms with Crippen LogP contribution in [0.4, 0.5) is 0 Å². The van der Waals surface area contributed by atoms with Gasteiger partial charge in [-0.25, -0.2) is 9.59 Å². The number of carbonyl (C=O) groups excluding carboxylic acids is 2. The van der Waals surface area contributed by atoms with Crippen molar-refractivity contribution in [3.63, 3.8) is 0 Å². The fourth-order valence-corrected chi connectivity index (χ4v) is 3.04. The molecule has 2 N–H and O–H groups in total. The van der Waals surface area contributed by atoms with E-state index in [9.17, 15) is 9.59 Å². The minimum absolute atomic E-state index is 0. The smallest absolute Gasteiger partial charge is 0.465 e. The standard InChI is InChI=1S/C8H8BBrO4.C8H6BrIO2.2CH4/c1-14-8(11)6-4-5(9(12)13)2-3-7(6)10;1-12-8(11)6-4-5(10)2-3-7(6)9;;/h2-4,12-13H,1H3;2-4H,1H3;2*1H4. The van der Waals surface area contributed by atoms with Crippen LogP contribution in [-0.4, -0.2) is 43.3 Å². The van der Waals surface area contributed by atoms with Crippen LogP contribution in [0.25, 0.3) is 0 Å². The largest absolute Gasteiger partial charge is 0.488 e. The highest BCUT2D eigenvalue weighted by atomic mass is 127. The van der Waals surface area contributed by atoms with Crippen molar-refractivity contribution in [1.29, 1.82) is 0 Å². The summed E-state index contributed by atoms with van der Waals surface area (Å²) in [4.78, 5) is 22.3. The molecule has 2 aromatic carbocycles. The van der Waals surface area contributed by atoms with Crippen LogP contribution in [-0.2, 0) is 9.47 Å². The lowest BCUT2D eigenvalue weighted by Gasteiger charge is -2.05. The number of hydrogen-bond donors (Lipinski definition) is 2. The molecule has 154 valence electrons. The Hall–Kier alpha value is -0.945. The molecule has 0 saturated carbocycles. The fraction of sp³-hybridized carbons (Fsp3) is 0.222. The van der Waals surface area contributed by atoms with Crippen molar-refractivity contribution in [2.45, 2.75) is 14.9 Å². The van der Waals surface area contributed by atoms with Gasteiger partial charge in [0, 0.05) is 12.5 Å². The highest BCUT2D eigenvalue weighted by Crippen LogP contribution is 2.20. The predicted molar refractivity (Wildman–Crippen MR) is 127 cm³/mol. The zero-order chi connectivity index (χ0) is 19.9. The number of methoxy groups -OCH3 is 2. The van der Waals surface area contributed by atoms with E-state index in [0.29, 0.717) is 10.0 Å². The Morgan fingerprint density at radius 2 is 1.32 bits per heavy atom. The second-order valence-corrected chi connectivity index (χ2v) is 7.67. The molecule has 0 spiro atoms. The molecule has 2 aromatic rings. The van der Waals surface area contributed by atoms with Crippen LogP contribution in [0, 0.1) is 3.57 Å². The second-order valence-electron chi connectivity index (χ2n) is 4.72. The van der Waals surface area contributed by atoms with Crippen molar-refractivity contribution < 1.29 is 29.1 Å². The van der Waals surface area contributed by atoms with Gasteiger partial charge in [-0.1, -0.05) is 20.9 Å². The molecule has 0 aromatic heterocycles. The normalized spacial score (nSPS) is 8.96. The summed E-state index contributed by atoms with van der Waals surface area (Å²) in [5.41, 5.74) is 1.07. The lowest BCUT2D eigenvalue weighted by molar-refractivity contribution is 0.0591. The summed E-state index contributed by atoms with van der Waals surface area (Å²) in [6.07, 6.45) is 0. The Morgan fingerprint density at radius 3 is 1.75 bits per heavy atom. The molecule has 6 nitrogen and oxygen atoms in total. The first kappa shape index (κ1) is 29.3. The van der Waals surface area contributed by atoms with Crippen molar-refractivity contribution in [2.75, 3.05) is 14.2 Å². The fourth-order valence-electron chi connectivity index (χ4n) is 1.73. The van der Waals surface area contributed by atoms with Crippen LogP contribution in [0.3, 0.4) is 0 Å². The molecule has 28 heavy (non-hydrogen) atoms. The maximum absolute atomic E-state index is 11.2. The van der Waals surface area contributed by atoms with E-state index >= 15 is 0 Å². The molecule has 0 aliphatic heterocycles. The van der Waals surface area contributed by atoms with Crippen molar-refractivity contribution in [2.24, 2.45) is 0 Å². The van der Waals surface area contributed by atoms with Crippen LogP contribution in [0.15, 0.2) is 45.3 Å². The first-order valence-electron chi connectivity index (χ1n) is 6.98. The van der Waals surface area contributed by atoms with Crippen LogP contribution in [0.5, 0.6) is 0 Å². The zero-order valence-corrected chi connectivity index (χ0v) is 19.0. The molecular weight excluding hydrogens is 610 g/mol. The highest BCUT2D eigenvalue weighted by molar-refractivity contribution is 14.1. The summed E-state index contributed by atoms with van der Waals surface area (Å²) in [6, 6.07) is 9.93. The number of carbonyl (C=O) groups is 2. The first-order chi connectivity index (χ1) is 12.2. The number of benzene rings is 2. The van der Waals surface area contributed by atoms with Gasteiger partial charge in [-0.2, -0.15) is 0 Å². The van der Waals surface area contributed by atoms with Gasteiger partial charge in [0.15, 0.2) is 0 Å². The summed E-state index contributed by atoms with van der Waals surface area (Å²) in [5, 5.41) is 17.8. The summed E-state index contributed by atoms with van der Waals surface area (Å²) in [6.45, 7) is 0. The number of hydrogen-bond acceptors (Lipinski definition) is 6. The predicted octanol–water partition coefficient (Wildman–Crippen LogP) is 4.03. The van der Waals surface area contributed by atoms with Gasteiger partial charge in [-0.15, -0.1) is 0 Å². The molecule has 0 unspecified atom stereocenters. The van der Waals surface area contributed by atoms with E-state index < -0.39 is 13.1 Å². The van der Waals surface area contributed by atoms with Crippen LogP contribution in [0.1, 0.15) is 35.6 Å². The van der Waals surface area contributed by atoms with E-state index in [2.05, 4.69) is 63.9 Å². The molecule has 10 heteroatoms. The van der Waals surface area contributed by atoms with Crippen molar-refractivity contribution in [3.8, 4) is 0 Å². The summed E-state index contributed by atoms with van der Waals surface area (Å²) < 4.78 is 11.4. The molecule has 0 atom stereocenters. The van der Waals surface area contributed by atoms with Crippen LogP contribution < -0.4 is 5.46 Å². The average Bonchev–Trinajstić information content (AvgIpc) is 2.63. The summed E-state index contributed by atoms with van der Waals surface area (Å²) >= 11 is 8.57. The Labute approximate surface area is 196 Å². The van der Waals surface area contributed by atoms with E-state index in [0.717, 1.165) is 8.04 Å². The molecule has 0 fully saturated rings. The third kappa shape index (κ3) is 8.60. The SMILES string of the molecule is C.C.COC(=O)c1cc(B(O)O)ccc1Br.COC(=O)c1cc(I)ccc1Br. The van der Waals surface area contributed by atoms with Gasteiger partial charge in [0.25, 0.3) is 0 Å². The minimum atomic E-state index is -1.59. The molecule has 0 saturated heterocycles. The Kier molecular flexibility index (Phi) is 14.7. The lowest BCUT2D eigenvalue weighted by Crippen LogP contribution is -2.30. The maximum atomic E-state index is 11.2. The number of halogens is 3. The Morgan fingerprint density at radius 1 is 0.893 bits per heavy atom. The van der Waals surface area contributed by atoms with Gasteiger partial charge in [-0.3, -0.25) is 0 Å². The average molecular weight is 632 g/mol. The Bertz CT molecular complexity index is 802. The van der Waals surface area contributed by atoms with E-state index in [1.54, 1.807) is 12.1 Å². The van der Waals surface area contributed by atoms with E-state index in [1.807, 2.05) is 12.1 Å². The van der Waals surface area contributed by atoms with Crippen molar-refractivity contribution >= 4 is 79.0 Å². The van der Waals surface area contributed by atoms with Gasteiger partial charge in [0.2, 0.25) is 0 Å². The number of ether oxygens (including phenoxy) is 2. The molecule has 0 aliphatic carbocycles. The molecule has 0 radical (unpaired) electrons. The second kappa shape index (κ2) is 14.1. The van der Waals surface area contributed by atoms with Crippen molar-refractivity contribution in [1.82, 2.24) is 0 Å². The van der Waals surface area contributed by atoms with E-state index in [1.165, 1.54) is 26.4 Å². The highest BCUT2D eigenvalue weighted by Gasteiger charge is 2.16. The van der Waals surface area contributed by atoms with Gasteiger partial charge >= 0.3 is 19.1 Å². The van der Waals surface area contributed by atoms with Gasteiger partial charge in [0.05, 0.1) is 25.3 Å². The molecule has 0 amide bonds. The molecule has 2 rings (SSSR count). The van der Waals surface area contributed by atoms with Gasteiger partial charge < -0.3 is 19.5 Å². The first-order valence-corrected chi connectivity index (χ1v) is 9.65. The van der Waals surface area contributed by atoms with E-state index in [4.69, 9.17) is 10.0 Å². The minimum Gasteiger partial charge on any atom is -0.465 e. The third-order valence-corrected chi connectivity index (χ3v) is 5.08. The topological polar surface area (TPSA) is 93.1 Å². The van der Waals surface area contributed by atoms with Gasteiger partial charge in [0.1, 0.15) is 0 Å². The monoisotopic (exact) mass is 630 g/mol. The maximum Gasteiger partial charge on any atom is 0.488 e. The quantitative estimate of drug-likeness (QED) is 0.302. The number of esters is 2. The van der Waals surface area contributed by atoms with Crippen LogP contribution >= 0.6 is 54.5 Å². The number of rotatable bonds is 3. The van der Waals surface area contributed by atoms with E-state index in [-0.39, 0.29) is 31.8 Å². The molecule has 0 bridgehead atoms.